The molecular weight excluding hydrogens is 409 g/mol. The minimum absolute atomic E-state index is 0.00950. The zero-order valence-corrected chi connectivity index (χ0v) is 15.5. The Morgan fingerprint density at radius 1 is 1.35 bits per heavy atom. The van der Waals surface area contributed by atoms with Gasteiger partial charge < -0.3 is 10.1 Å². The van der Waals surface area contributed by atoms with Crippen molar-refractivity contribution in [3.63, 3.8) is 0 Å². The van der Waals surface area contributed by atoms with Crippen LogP contribution in [0.5, 0.6) is 0 Å². The van der Waals surface area contributed by atoms with E-state index in [9.17, 15) is 9.59 Å². The number of likely N-dealkylation sites (tertiary alicyclic amines) is 1. The van der Waals surface area contributed by atoms with Gasteiger partial charge in [-0.2, -0.15) is 0 Å². The van der Waals surface area contributed by atoms with Crippen molar-refractivity contribution in [3.05, 3.63) is 35.4 Å². The summed E-state index contributed by atoms with van der Waals surface area (Å²) in [5.41, 5.74) is 1.68. The Bertz CT molecular complexity index is 550. The number of nitrogens with one attached hydrogen (secondary N) is 2. The molecule has 1 aliphatic heterocycles. The molecule has 1 aromatic carbocycles. The third-order valence-electron chi connectivity index (χ3n) is 4.10. The van der Waals surface area contributed by atoms with Crippen molar-refractivity contribution in [1.29, 1.82) is 0 Å². The predicted molar refractivity (Wildman–Crippen MR) is 96.1 cm³/mol. The highest BCUT2D eigenvalue weighted by molar-refractivity contribution is 14.1. The van der Waals surface area contributed by atoms with Gasteiger partial charge in [-0.05, 0) is 30.5 Å². The van der Waals surface area contributed by atoms with Crippen molar-refractivity contribution in [1.82, 2.24) is 13.7 Å². The molecule has 2 unspecified atom stereocenters. The number of halogens is 1. The van der Waals surface area contributed by atoms with Gasteiger partial charge in [-0.25, -0.2) is 8.32 Å². The molecule has 1 fully saturated rings. The second kappa shape index (κ2) is 8.60. The maximum Gasteiger partial charge on any atom is 0.337 e. The molecule has 0 saturated carbocycles. The average Bonchev–Trinajstić information content (AvgIpc) is 2.55. The Labute approximate surface area is 150 Å². The van der Waals surface area contributed by atoms with Crippen molar-refractivity contribution >= 4 is 34.7 Å². The molecule has 2 rings (SSSR count). The van der Waals surface area contributed by atoms with Crippen LogP contribution in [-0.4, -0.2) is 43.1 Å². The number of carbonyl (C=O) groups excluding carboxylic acids is 2. The summed E-state index contributed by atoms with van der Waals surface area (Å²) in [6.07, 6.45) is 1.80. The minimum Gasteiger partial charge on any atom is -0.465 e. The van der Waals surface area contributed by atoms with Gasteiger partial charge in [0.15, 0.2) is 0 Å². The average molecular weight is 431 g/mol. The number of carbonyl (C=O) groups is 2. The number of piperidine rings is 1. The first-order valence-corrected chi connectivity index (χ1v) is 8.66. The highest BCUT2D eigenvalue weighted by atomic mass is 127. The van der Waals surface area contributed by atoms with E-state index in [0.717, 1.165) is 31.6 Å². The van der Waals surface area contributed by atoms with Gasteiger partial charge in [0, 0.05) is 48.4 Å². The van der Waals surface area contributed by atoms with E-state index in [2.05, 4.69) is 36.6 Å². The Morgan fingerprint density at radius 3 is 2.61 bits per heavy atom. The lowest BCUT2D eigenvalue weighted by atomic mass is 9.91. The number of amides is 1. The van der Waals surface area contributed by atoms with Gasteiger partial charge in [-0.15, -0.1) is 0 Å². The van der Waals surface area contributed by atoms with Crippen molar-refractivity contribution in [2.24, 2.45) is 0 Å². The Hall–Kier alpha value is -1.19. The van der Waals surface area contributed by atoms with Crippen LogP contribution in [0.2, 0.25) is 0 Å². The largest absolute Gasteiger partial charge is 0.465 e. The van der Waals surface area contributed by atoms with Crippen molar-refractivity contribution < 1.29 is 14.3 Å². The fourth-order valence-corrected chi connectivity index (χ4v) is 3.44. The number of esters is 1. The zero-order valence-electron chi connectivity index (χ0n) is 13.3. The fourth-order valence-electron chi connectivity index (χ4n) is 3.00. The van der Waals surface area contributed by atoms with Crippen LogP contribution in [0.1, 0.15) is 41.7 Å². The van der Waals surface area contributed by atoms with E-state index < -0.39 is 0 Å². The molecule has 1 saturated heterocycles. The second-order valence-corrected chi connectivity index (χ2v) is 6.42. The number of methoxy groups -OCH3 is 1. The molecule has 0 aliphatic carbocycles. The summed E-state index contributed by atoms with van der Waals surface area (Å²) in [7, 11) is 1.38. The van der Waals surface area contributed by atoms with Crippen LogP contribution < -0.4 is 8.85 Å². The van der Waals surface area contributed by atoms with Crippen LogP contribution in [-0.2, 0) is 9.53 Å². The summed E-state index contributed by atoms with van der Waals surface area (Å²) in [4.78, 5) is 25.2. The SMILES string of the molecule is COC(=O)c1ccc(C2CC(NC(C)=O)CCN2CNI)cc1. The first kappa shape index (κ1) is 18.2. The van der Waals surface area contributed by atoms with Gasteiger partial charge in [0.1, 0.15) is 0 Å². The molecule has 0 bridgehead atoms. The van der Waals surface area contributed by atoms with Crippen LogP contribution >= 0.6 is 22.9 Å². The fraction of sp³-hybridized carbons (Fsp3) is 0.500. The van der Waals surface area contributed by atoms with Crippen molar-refractivity contribution in [2.75, 3.05) is 20.3 Å². The molecule has 1 aromatic rings. The van der Waals surface area contributed by atoms with E-state index >= 15 is 0 Å². The Balaban J connectivity index is 2.16. The lowest BCUT2D eigenvalue weighted by Gasteiger charge is -2.39. The number of ether oxygens (including phenoxy) is 1. The molecule has 2 atom stereocenters. The topological polar surface area (TPSA) is 70.7 Å². The molecule has 7 heteroatoms. The summed E-state index contributed by atoms with van der Waals surface area (Å²) in [6, 6.07) is 7.90. The maximum absolute atomic E-state index is 11.6. The molecule has 126 valence electrons. The number of nitrogens with zero attached hydrogens (tertiary/aromatic N) is 1. The lowest BCUT2D eigenvalue weighted by Crippen LogP contribution is -2.47. The minimum atomic E-state index is -0.331. The molecule has 0 aromatic heterocycles. The first-order chi connectivity index (χ1) is 11.0. The summed E-state index contributed by atoms with van der Waals surface area (Å²) in [5, 5.41) is 3.02. The highest BCUT2D eigenvalue weighted by Crippen LogP contribution is 2.31. The second-order valence-electron chi connectivity index (χ2n) is 5.66. The molecule has 1 heterocycles. The van der Waals surface area contributed by atoms with Crippen LogP contribution in [0.15, 0.2) is 24.3 Å². The standard InChI is InChI=1S/C16H22IN3O3/c1-11(21)19-14-7-8-20(10-18-17)15(9-14)12-3-5-13(6-4-12)16(22)23-2/h3-6,14-15,18H,7-10H2,1-2H3,(H,19,21). The Kier molecular flexibility index (Phi) is 6.79. The van der Waals surface area contributed by atoms with Gasteiger partial charge in [0.2, 0.25) is 5.91 Å². The van der Waals surface area contributed by atoms with E-state index in [1.165, 1.54) is 7.11 Å². The predicted octanol–water partition coefficient (Wildman–Crippen LogP) is 2.01. The van der Waals surface area contributed by atoms with Crippen molar-refractivity contribution in [3.8, 4) is 0 Å². The number of rotatable bonds is 5. The van der Waals surface area contributed by atoms with Gasteiger partial charge in [-0.3, -0.25) is 9.69 Å². The van der Waals surface area contributed by atoms with Crippen LogP contribution in [0.4, 0.5) is 0 Å². The molecule has 23 heavy (non-hydrogen) atoms. The number of hydrogen-bond acceptors (Lipinski definition) is 5. The van der Waals surface area contributed by atoms with E-state index in [4.69, 9.17) is 4.74 Å². The molecular formula is C16H22IN3O3. The lowest BCUT2D eigenvalue weighted by molar-refractivity contribution is -0.120. The summed E-state index contributed by atoms with van der Waals surface area (Å²) in [5.74, 6) is -0.322. The van der Waals surface area contributed by atoms with E-state index in [-0.39, 0.29) is 24.0 Å². The molecule has 0 radical (unpaired) electrons. The molecule has 1 aliphatic rings. The number of benzene rings is 1. The van der Waals surface area contributed by atoms with Gasteiger partial charge in [0.25, 0.3) is 0 Å². The van der Waals surface area contributed by atoms with Crippen LogP contribution in [0.3, 0.4) is 0 Å². The zero-order chi connectivity index (χ0) is 16.8. The number of hydrogen-bond donors (Lipinski definition) is 2. The van der Waals surface area contributed by atoms with Crippen LogP contribution in [0.25, 0.3) is 0 Å². The Morgan fingerprint density at radius 2 is 2.04 bits per heavy atom. The molecule has 1 amide bonds. The van der Waals surface area contributed by atoms with Crippen LogP contribution in [0, 0.1) is 0 Å². The van der Waals surface area contributed by atoms with Gasteiger partial charge in [0.05, 0.1) is 19.3 Å². The first-order valence-electron chi connectivity index (χ1n) is 7.58. The third-order valence-corrected chi connectivity index (χ3v) is 4.44. The van der Waals surface area contributed by atoms with E-state index in [0.29, 0.717) is 5.56 Å². The molecule has 6 nitrogen and oxygen atoms in total. The smallest absolute Gasteiger partial charge is 0.337 e. The highest BCUT2D eigenvalue weighted by Gasteiger charge is 2.29. The normalized spacial score (nSPS) is 21.7. The molecule has 0 spiro atoms. The van der Waals surface area contributed by atoms with E-state index in [1.807, 2.05) is 12.1 Å². The summed E-state index contributed by atoms with van der Waals surface area (Å²) in [6.45, 7) is 3.24. The van der Waals surface area contributed by atoms with Crippen molar-refractivity contribution in [2.45, 2.75) is 31.8 Å². The maximum atomic E-state index is 11.6. The summed E-state index contributed by atoms with van der Waals surface area (Å²) < 4.78 is 7.90. The van der Waals surface area contributed by atoms with Gasteiger partial charge >= 0.3 is 5.97 Å². The summed E-state index contributed by atoms with van der Waals surface area (Å²) >= 11 is 2.14. The van der Waals surface area contributed by atoms with E-state index in [1.54, 1.807) is 19.1 Å². The van der Waals surface area contributed by atoms with Gasteiger partial charge in [-0.1, -0.05) is 12.1 Å². The third kappa shape index (κ3) is 4.89. The quantitative estimate of drug-likeness (QED) is 0.424. The monoisotopic (exact) mass is 431 g/mol. The molecule has 2 N–H and O–H groups in total.